The molecule has 6 heteroatoms. The summed E-state index contributed by atoms with van der Waals surface area (Å²) in [4.78, 5) is 2.46. The predicted molar refractivity (Wildman–Crippen MR) is 78.9 cm³/mol. The molecule has 4 nitrogen and oxygen atoms in total. The molecular formula is C15H21FN2O2S. The maximum Gasteiger partial charge on any atom is 0.243 e. The van der Waals surface area contributed by atoms with Gasteiger partial charge in [0, 0.05) is 31.1 Å². The number of halogens is 1. The Bertz CT molecular complexity index is 632. The highest BCUT2D eigenvalue weighted by Crippen LogP contribution is 2.37. The Morgan fingerprint density at radius 1 is 1.29 bits per heavy atom. The van der Waals surface area contributed by atoms with Crippen LogP contribution in [0.25, 0.3) is 0 Å². The summed E-state index contributed by atoms with van der Waals surface area (Å²) in [7, 11) is -3.56. The van der Waals surface area contributed by atoms with E-state index in [9.17, 15) is 12.8 Å². The zero-order valence-corrected chi connectivity index (χ0v) is 13.2. The molecular weight excluding hydrogens is 291 g/mol. The van der Waals surface area contributed by atoms with Crippen LogP contribution in [0.1, 0.15) is 20.3 Å². The van der Waals surface area contributed by atoms with Gasteiger partial charge in [-0.1, -0.05) is 6.07 Å². The van der Waals surface area contributed by atoms with Crippen LogP contribution in [0.5, 0.6) is 0 Å². The van der Waals surface area contributed by atoms with Gasteiger partial charge < -0.3 is 4.90 Å². The van der Waals surface area contributed by atoms with Gasteiger partial charge in [-0.15, -0.1) is 0 Å². The van der Waals surface area contributed by atoms with E-state index < -0.39 is 15.8 Å². The van der Waals surface area contributed by atoms with Crippen molar-refractivity contribution >= 4 is 10.0 Å². The molecule has 0 aromatic heterocycles. The van der Waals surface area contributed by atoms with E-state index in [-0.39, 0.29) is 10.9 Å². The van der Waals surface area contributed by atoms with Crippen LogP contribution in [0.4, 0.5) is 4.39 Å². The summed E-state index contributed by atoms with van der Waals surface area (Å²) in [5.74, 6) is -0.104. The molecule has 0 saturated carbocycles. The summed E-state index contributed by atoms with van der Waals surface area (Å²) in [6, 6.07) is 5.86. The summed E-state index contributed by atoms with van der Waals surface area (Å²) < 4.78 is 40.0. The van der Waals surface area contributed by atoms with E-state index in [4.69, 9.17) is 0 Å². The number of fused-ring (bicyclic) bond motifs is 1. The Kier molecular flexibility index (Phi) is 3.80. The lowest BCUT2D eigenvalue weighted by Gasteiger charge is -2.53. The molecule has 2 aliphatic heterocycles. The third kappa shape index (κ3) is 2.60. The number of benzene rings is 1. The number of piperidine rings is 1. The first kappa shape index (κ1) is 14.9. The molecule has 0 spiro atoms. The van der Waals surface area contributed by atoms with Crippen LogP contribution in [0.3, 0.4) is 0 Å². The first-order chi connectivity index (χ1) is 9.89. The summed E-state index contributed by atoms with van der Waals surface area (Å²) in [5.41, 5.74) is 0. The fourth-order valence-electron chi connectivity index (χ4n) is 3.34. The fourth-order valence-corrected chi connectivity index (χ4v) is 5.15. The minimum Gasteiger partial charge on any atom is -0.300 e. The van der Waals surface area contributed by atoms with Crippen molar-refractivity contribution in [1.29, 1.82) is 0 Å². The normalized spacial score (nSPS) is 27.4. The number of hydrogen-bond donors (Lipinski definition) is 0. The van der Waals surface area contributed by atoms with Crippen molar-refractivity contribution in [2.45, 2.75) is 37.2 Å². The van der Waals surface area contributed by atoms with E-state index in [0.29, 0.717) is 18.5 Å². The lowest BCUT2D eigenvalue weighted by molar-refractivity contribution is 0.00220. The quantitative estimate of drug-likeness (QED) is 0.856. The second-order valence-electron chi connectivity index (χ2n) is 6.24. The van der Waals surface area contributed by atoms with E-state index >= 15 is 0 Å². The molecule has 21 heavy (non-hydrogen) atoms. The smallest absolute Gasteiger partial charge is 0.243 e. The third-order valence-electron chi connectivity index (χ3n) is 4.64. The fraction of sp³-hybridized carbons (Fsp3) is 0.600. The van der Waals surface area contributed by atoms with Gasteiger partial charge in [0.25, 0.3) is 0 Å². The molecule has 116 valence electrons. The highest BCUT2D eigenvalue weighted by atomic mass is 32.2. The Labute approximate surface area is 125 Å². The second-order valence-corrected chi connectivity index (χ2v) is 8.13. The van der Waals surface area contributed by atoms with Crippen molar-refractivity contribution in [3.05, 3.63) is 30.1 Å². The summed E-state index contributed by atoms with van der Waals surface area (Å²) >= 11 is 0. The van der Waals surface area contributed by atoms with Crippen LogP contribution >= 0.6 is 0 Å². The van der Waals surface area contributed by atoms with Gasteiger partial charge in [-0.25, -0.2) is 12.8 Å². The minimum absolute atomic E-state index is 0.0623. The van der Waals surface area contributed by atoms with Gasteiger partial charge in [-0.3, -0.25) is 0 Å². The van der Waals surface area contributed by atoms with Crippen molar-refractivity contribution in [2.24, 2.45) is 5.92 Å². The lowest BCUT2D eigenvalue weighted by atomic mass is 9.85. The van der Waals surface area contributed by atoms with Crippen LogP contribution in [0.15, 0.2) is 29.2 Å². The number of rotatable bonds is 3. The average molecular weight is 312 g/mol. The van der Waals surface area contributed by atoms with Gasteiger partial charge in [0.1, 0.15) is 5.82 Å². The molecule has 2 atom stereocenters. The minimum atomic E-state index is -3.56. The average Bonchev–Trinajstić information content (AvgIpc) is 2.39. The summed E-state index contributed by atoms with van der Waals surface area (Å²) in [6.45, 7) is 6.76. The largest absolute Gasteiger partial charge is 0.300 e. The maximum atomic E-state index is 13.3. The monoisotopic (exact) mass is 312 g/mol. The van der Waals surface area contributed by atoms with Gasteiger partial charge in [0.2, 0.25) is 10.0 Å². The van der Waals surface area contributed by atoms with E-state index in [0.717, 1.165) is 25.6 Å². The molecule has 2 fully saturated rings. The number of nitrogens with zero attached hydrogens (tertiary/aromatic N) is 2. The molecule has 2 heterocycles. The number of sulfonamides is 1. The van der Waals surface area contributed by atoms with Gasteiger partial charge in [-0.05, 0) is 45.0 Å². The topological polar surface area (TPSA) is 40.6 Å². The molecule has 1 aromatic carbocycles. The highest BCUT2D eigenvalue weighted by molar-refractivity contribution is 7.89. The molecule has 0 bridgehead atoms. The van der Waals surface area contributed by atoms with Gasteiger partial charge in [0.05, 0.1) is 4.90 Å². The molecule has 1 aromatic rings. The number of likely N-dealkylation sites (tertiary alicyclic amines) is 1. The molecule has 0 amide bonds. The van der Waals surface area contributed by atoms with Crippen molar-refractivity contribution in [1.82, 2.24) is 9.21 Å². The Balaban J connectivity index is 1.76. The van der Waals surface area contributed by atoms with Crippen molar-refractivity contribution in [3.63, 3.8) is 0 Å². The number of hydrogen-bond acceptors (Lipinski definition) is 3. The third-order valence-corrected chi connectivity index (χ3v) is 6.53. The molecule has 0 radical (unpaired) electrons. The Morgan fingerprint density at radius 2 is 2.05 bits per heavy atom. The van der Waals surface area contributed by atoms with Crippen LogP contribution in [0.2, 0.25) is 0 Å². The highest BCUT2D eigenvalue weighted by Gasteiger charge is 2.48. The van der Waals surface area contributed by atoms with E-state index in [2.05, 4.69) is 18.7 Å². The molecule has 0 aliphatic carbocycles. The first-order valence-corrected chi connectivity index (χ1v) is 8.85. The van der Waals surface area contributed by atoms with Gasteiger partial charge in [0.15, 0.2) is 0 Å². The summed E-state index contributed by atoms with van der Waals surface area (Å²) in [6.07, 6.45) is 0.859. The van der Waals surface area contributed by atoms with Crippen LogP contribution < -0.4 is 0 Å². The maximum absolute atomic E-state index is 13.3. The van der Waals surface area contributed by atoms with E-state index in [1.165, 1.54) is 18.2 Å². The summed E-state index contributed by atoms with van der Waals surface area (Å²) in [5, 5.41) is 0. The van der Waals surface area contributed by atoms with Crippen molar-refractivity contribution in [2.75, 3.05) is 19.6 Å². The Morgan fingerprint density at radius 3 is 2.67 bits per heavy atom. The van der Waals surface area contributed by atoms with Crippen molar-refractivity contribution < 1.29 is 12.8 Å². The molecule has 3 rings (SSSR count). The van der Waals surface area contributed by atoms with Crippen molar-refractivity contribution in [3.8, 4) is 0 Å². The molecule has 2 aliphatic rings. The Hall–Kier alpha value is -0.980. The van der Waals surface area contributed by atoms with Gasteiger partial charge >= 0.3 is 0 Å². The van der Waals surface area contributed by atoms with Gasteiger partial charge in [-0.2, -0.15) is 4.31 Å². The van der Waals surface area contributed by atoms with Crippen LogP contribution in [-0.2, 0) is 10.0 Å². The second kappa shape index (κ2) is 5.34. The predicted octanol–water partition coefficient (Wildman–Crippen LogP) is 1.93. The first-order valence-electron chi connectivity index (χ1n) is 7.41. The molecule has 0 unspecified atom stereocenters. The SMILES string of the molecule is CC(C)N1CC[C@@H]2[C@H](C1)CN2S(=O)(=O)c1cccc(F)c1. The standard InChI is InChI=1S/C15H21FN2O2S/c1-11(2)17-7-6-15-12(9-17)10-18(15)21(19,20)14-5-3-4-13(16)8-14/h3-5,8,11-12,15H,6-7,9-10H2,1-2H3/t12-,15-/m1/s1. The van der Waals surface area contributed by atoms with Crippen LogP contribution in [0, 0.1) is 11.7 Å². The van der Waals surface area contributed by atoms with E-state index in [1.807, 2.05) is 0 Å². The zero-order valence-electron chi connectivity index (χ0n) is 12.4. The molecule has 0 N–H and O–H groups in total. The zero-order chi connectivity index (χ0) is 15.2. The lowest BCUT2D eigenvalue weighted by Crippen LogP contribution is -2.65. The molecule has 2 saturated heterocycles. The van der Waals surface area contributed by atoms with Crippen LogP contribution in [-0.4, -0.2) is 49.3 Å². The van der Waals surface area contributed by atoms with E-state index in [1.54, 1.807) is 4.31 Å².